The molecular weight excluding hydrogens is 312 g/mol. The van der Waals surface area contributed by atoms with Crippen LogP contribution in [0.1, 0.15) is 38.5 Å². The summed E-state index contributed by atoms with van der Waals surface area (Å²) in [5.41, 5.74) is 0. The highest BCUT2D eigenvalue weighted by molar-refractivity contribution is 5.76. The van der Waals surface area contributed by atoms with Gasteiger partial charge in [-0.3, -0.25) is 14.5 Å². The van der Waals surface area contributed by atoms with Crippen LogP contribution in [0.4, 0.5) is 0 Å². The molecule has 2 rings (SSSR count). The molecule has 1 aliphatic heterocycles. The molecule has 1 saturated carbocycles. The monoisotopic (exact) mass is 342 g/mol. The average Bonchev–Trinajstić information content (AvgIpc) is 3.12. The quantitative estimate of drug-likeness (QED) is 0.512. The van der Waals surface area contributed by atoms with Crippen molar-refractivity contribution in [2.75, 3.05) is 40.9 Å². The van der Waals surface area contributed by atoms with Gasteiger partial charge in [0.1, 0.15) is 6.61 Å². The van der Waals surface area contributed by atoms with E-state index in [1.165, 1.54) is 12.0 Å². The molecule has 0 aromatic carbocycles. The second-order valence-corrected chi connectivity index (χ2v) is 6.78. The van der Waals surface area contributed by atoms with E-state index in [0.29, 0.717) is 0 Å². The van der Waals surface area contributed by atoms with Crippen LogP contribution in [-0.4, -0.2) is 75.1 Å². The van der Waals surface area contributed by atoms with E-state index in [9.17, 15) is 9.59 Å². The van der Waals surface area contributed by atoms with Gasteiger partial charge in [0.15, 0.2) is 0 Å². The first-order chi connectivity index (χ1) is 11.5. The fourth-order valence-electron chi connectivity index (χ4n) is 3.22. The van der Waals surface area contributed by atoms with E-state index in [4.69, 9.17) is 14.2 Å². The summed E-state index contributed by atoms with van der Waals surface area (Å²) < 4.78 is 16.7. The Morgan fingerprint density at radius 1 is 1.12 bits per heavy atom. The summed E-state index contributed by atoms with van der Waals surface area (Å²) in [5, 5.41) is 0. The highest BCUT2D eigenvalue weighted by Crippen LogP contribution is 2.29. The van der Waals surface area contributed by atoms with E-state index in [1.807, 2.05) is 0 Å². The van der Waals surface area contributed by atoms with Crippen LogP contribution < -0.4 is 0 Å². The van der Waals surface area contributed by atoms with Gasteiger partial charge < -0.3 is 19.1 Å². The number of esters is 1. The molecule has 1 unspecified atom stereocenters. The lowest BCUT2D eigenvalue weighted by atomic mass is 9.87. The molecule has 1 aliphatic carbocycles. The van der Waals surface area contributed by atoms with Crippen molar-refractivity contribution in [1.82, 2.24) is 9.80 Å². The van der Waals surface area contributed by atoms with Crippen LogP contribution in [0, 0.1) is 5.92 Å². The summed E-state index contributed by atoms with van der Waals surface area (Å²) in [5.74, 6) is -0.217. The number of amides is 1. The first kappa shape index (κ1) is 19.1. The second-order valence-electron chi connectivity index (χ2n) is 6.78. The molecule has 2 fully saturated rings. The Morgan fingerprint density at radius 3 is 2.29 bits per heavy atom. The number of carbonyl (C=O) groups excluding carboxylic acids is 2. The fourth-order valence-corrected chi connectivity index (χ4v) is 3.22. The second kappa shape index (κ2) is 9.34. The van der Waals surface area contributed by atoms with Crippen LogP contribution in [0.2, 0.25) is 0 Å². The first-order valence-electron chi connectivity index (χ1n) is 8.80. The molecule has 0 aromatic heterocycles. The summed E-state index contributed by atoms with van der Waals surface area (Å²) in [6, 6.07) is 0. The van der Waals surface area contributed by atoms with Crippen LogP contribution in [0.25, 0.3) is 0 Å². The number of hydrogen-bond donors (Lipinski definition) is 0. The number of rotatable bonds is 7. The van der Waals surface area contributed by atoms with Gasteiger partial charge in [-0.2, -0.15) is 0 Å². The molecule has 0 aromatic rings. The van der Waals surface area contributed by atoms with Crippen molar-refractivity contribution in [2.24, 2.45) is 5.92 Å². The Labute approximate surface area is 144 Å². The Hall–Kier alpha value is -1.18. The fraction of sp³-hybridized carbons (Fsp3) is 0.882. The number of carbonyl (C=O) groups is 2. The molecule has 0 spiro atoms. The Bertz CT molecular complexity index is 415. The lowest BCUT2D eigenvalue weighted by Gasteiger charge is -2.34. The molecule has 138 valence electrons. The third-order valence-electron chi connectivity index (χ3n) is 4.80. The zero-order chi connectivity index (χ0) is 17.5. The van der Waals surface area contributed by atoms with E-state index in [1.54, 1.807) is 14.1 Å². The molecular formula is C17H30N2O5. The number of hydrogen-bond acceptors (Lipinski definition) is 6. The summed E-state index contributed by atoms with van der Waals surface area (Å²) in [6.07, 6.45) is 5.02. The zero-order valence-corrected chi connectivity index (χ0v) is 15.0. The van der Waals surface area contributed by atoms with Gasteiger partial charge in [0.2, 0.25) is 12.3 Å². The zero-order valence-electron chi connectivity index (χ0n) is 15.0. The van der Waals surface area contributed by atoms with E-state index in [-0.39, 0.29) is 30.5 Å². The molecule has 1 amide bonds. The smallest absolute Gasteiger partial charge is 0.308 e. The molecule has 7 heteroatoms. The predicted molar refractivity (Wildman–Crippen MR) is 88.1 cm³/mol. The van der Waals surface area contributed by atoms with E-state index in [0.717, 1.165) is 51.6 Å². The van der Waals surface area contributed by atoms with Crippen LogP contribution in [-0.2, 0) is 23.8 Å². The van der Waals surface area contributed by atoms with Crippen molar-refractivity contribution in [3.05, 3.63) is 0 Å². The molecule has 0 bridgehead atoms. The summed E-state index contributed by atoms with van der Waals surface area (Å²) >= 11 is 0. The highest BCUT2D eigenvalue weighted by Gasteiger charge is 2.32. The summed E-state index contributed by atoms with van der Waals surface area (Å²) in [7, 11) is 4.86. The minimum absolute atomic E-state index is 0.0173. The van der Waals surface area contributed by atoms with E-state index >= 15 is 0 Å². The van der Waals surface area contributed by atoms with Crippen molar-refractivity contribution in [2.45, 2.75) is 51.0 Å². The number of ether oxygens (including phenoxy) is 3. The van der Waals surface area contributed by atoms with Gasteiger partial charge in [0.25, 0.3) is 0 Å². The number of nitrogens with zero attached hydrogens (tertiary/aromatic N) is 2. The maximum absolute atomic E-state index is 11.8. The topological polar surface area (TPSA) is 68.3 Å². The number of likely N-dealkylation sites (N-methyl/N-ethyl adjacent to an activating group) is 1. The molecule has 1 heterocycles. The average molecular weight is 342 g/mol. The Balaban J connectivity index is 1.84. The molecule has 1 saturated heterocycles. The van der Waals surface area contributed by atoms with Gasteiger partial charge in [0.05, 0.1) is 19.1 Å². The van der Waals surface area contributed by atoms with Gasteiger partial charge in [-0.1, -0.05) is 0 Å². The molecule has 2 aliphatic rings. The lowest BCUT2D eigenvalue weighted by molar-refractivity contribution is -0.244. The lowest BCUT2D eigenvalue weighted by Crippen LogP contribution is -2.43. The van der Waals surface area contributed by atoms with Gasteiger partial charge in [-0.05, 0) is 38.5 Å². The maximum atomic E-state index is 11.8. The number of methoxy groups -OCH3 is 1. The molecule has 24 heavy (non-hydrogen) atoms. The van der Waals surface area contributed by atoms with Crippen LogP contribution >= 0.6 is 0 Å². The van der Waals surface area contributed by atoms with Crippen molar-refractivity contribution in [1.29, 1.82) is 0 Å². The van der Waals surface area contributed by atoms with Crippen molar-refractivity contribution in [3.8, 4) is 0 Å². The Kier molecular flexibility index (Phi) is 7.45. The third kappa shape index (κ3) is 5.43. The number of likely N-dealkylation sites (tertiary alicyclic amines) is 1. The highest BCUT2D eigenvalue weighted by atomic mass is 16.7. The standard InChI is InChI=1S/C17H30N2O5/c1-18(2)15(20)12-23-17(19-10-4-5-11-19)24-14-8-6-13(7-9-14)16(21)22-3/h13-14,17H,4-12H2,1-3H3/t13-,14-,17?. The summed E-state index contributed by atoms with van der Waals surface area (Å²) in [4.78, 5) is 27.1. The molecule has 1 atom stereocenters. The van der Waals surface area contributed by atoms with Gasteiger partial charge in [-0.25, -0.2) is 0 Å². The largest absolute Gasteiger partial charge is 0.469 e. The molecule has 7 nitrogen and oxygen atoms in total. The van der Waals surface area contributed by atoms with Crippen molar-refractivity contribution in [3.63, 3.8) is 0 Å². The Morgan fingerprint density at radius 2 is 1.75 bits per heavy atom. The minimum atomic E-state index is -0.476. The van der Waals surface area contributed by atoms with Crippen LogP contribution in [0.3, 0.4) is 0 Å². The SMILES string of the molecule is COC(=O)[C@H]1CC[C@H](OC(OCC(=O)N(C)C)N2CCCC2)CC1. The van der Waals surface area contributed by atoms with Gasteiger partial charge in [-0.15, -0.1) is 0 Å². The van der Waals surface area contributed by atoms with Crippen LogP contribution in [0.5, 0.6) is 0 Å². The first-order valence-corrected chi connectivity index (χ1v) is 8.80. The minimum Gasteiger partial charge on any atom is -0.469 e. The molecule has 0 N–H and O–H groups in total. The summed E-state index contributed by atoms with van der Waals surface area (Å²) in [6.45, 7) is 1.88. The van der Waals surface area contributed by atoms with Gasteiger partial charge >= 0.3 is 5.97 Å². The van der Waals surface area contributed by atoms with Crippen molar-refractivity contribution >= 4 is 11.9 Å². The molecule has 0 radical (unpaired) electrons. The third-order valence-corrected chi connectivity index (χ3v) is 4.80. The van der Waals surface area contributed by atoms with Crippen LogP contribution in [0.15, 0.2) is 0 Å². The normalized spacial score (nSPS) is 26.1. The van der Waals surface area contributed by atoms with Crippen molar-refractivity contribution < 1.29 is 23.8 Å². The van der Waals surface area contributed by atoms with E-state index in [2.05, 4.69) is 4.90 Å². The predicted octanol–water partition coefficient (Wildman–Crippen LogP) is 1.22. The maximum Gasteiger partial charge on any atom is 0.308 e. The van der Waals surface area contributed by atoms with Gasteiger partial charge in [0, 0.05) is 27.2 Å². The van der Waals surface area contributed by atoms with E-state index < -0.39 is 6.41 Å².